The van der Waals surface area contributed by atoms with Crippen molar-refractivity contribution in [1.82, 2.24) is 19.4 Å². The zero-order valence-corrected chi connectivity index (χ0v) is 16.7. The molecule has 4 aromatic rings. The fourth-order valence-electron chi connectivity index (χ4n) is 3.41. The third kappa shape index (κ3) is 3.59. The molecule has 0 aliphatic heterocycles. The lowest BCUT2D eigenvalue weighted by molar-refractivity contribution is 0.101. The van der Waals surface area contributed by atoms with Crippen LogP contribution in [0.2, 0.25) is 0 Å². The summed E-state index contributed by atoms with van der Waals surface area (Å²) in [4.78, 5) is 15.6. The fourth-order valence-corrected chi connectivity index (χ4v) is 3.41. The molecule has 3 aromatic heterocycles. The Balaban J connectivity index is 1.79. The van der Waals surface area contributed by atoms with Crippen LogP contribution in [0.1, 0.15) is 11.1 Å². The summed E-state index contributed by atoms with van der Waals surface area (Å²) in [5, 5.41) is 22.2. The van der Waals surface area contributed by atoms with Crippen LogP contribution >= 0.6 is 0 Å². The van der Waals surface area contributed by atoms with Crippen LogP contribution in [-0.2, 0) is 0 Å². The lowest BCUT2D eigenvalue weighted by atomic mass is 10.1. The molecule has 150 valence electrons. The molecule has 8 heteroatoms. The summed E-state index contributed by atoms with van der Waals surface area (Å²) in [7, 11) is 1.82. The first-order valence-corrected chi connectivity index (χ1v) is 9.44. The van der Waals surface area contributed by atoms with Crippen molar-refractivity contribution in [1.29, 1.82) is 0 Å². The van der Waals surface area contributed by atoms with E-state index in [1.807, 2.05) is 29.6 Å². The second kappa shape index (κ2) is 7.65. The molecule has 3 heterocycles. The number of para-hydroxylation sites is 1. The van der Waals surface area contributed by atoms with Gasteiger partial charge in [0.1, 0.15) is 23.2 Å². The van der Waals surface area contributed by atoms with Gasteiger partial charge in [0.15, 0.2) is 11.5 Å². The summed E-state index contributed by atoms with van der Waals surface area (Å²) in [6.45, 7) is 4.11. The predicted molar refractivity (Wildman–Crippen MR) is 114 cm³/mol. The van der Waals surface area contributed by atoms with Gasteiger partial charge < -0.3 is 20.4 Å². The van der Waals surface area contributed by atoms with Crippen LogP contribution in [0.5, 0.6) is 0 Å². The van der Waals surface area contributed by atoms with Crippen LogP contribution in [-0.4, -0.2) is 55.9 Å². The highest BCUT2D eigenvalue weighted by Crippen LogP contribution is 2.28. The van der Waals surface area contributed by atoms with Crippen molar-refractivity contribution in [3.63, 3.8) is 0 Å². The van der Waals surface area contributed by atoms with E-state index in [0.717, 1.165) is 27.8 Å². The summed E-state index contributed by atoms with van der Waals surface area (Å²) in [6, 6.07) is 9.91. The number of nitrogens with one attached hydrogen (secondary N) is 1. The average molecular weight is 392 g/mol. The van der Waals surface area contributed by atoms with Crippen molar-refractivity contribution >= 4 is 34.0 Å². The number of aromatic nitrogens is 4. The number of anilines is 3. The molecule has 1 unspecified atom stereocenters. The Bertz CT molecular complexity index is 1150. The maximum atomic E-state index is 9.71. The number of rotatable bonds is 6. The highest BCUT2D eigenvalue weighted by atomic mass is 16.3. The SMILES string of the molecule is Cc1cccc(C)c1Nc1nc2ccc(N(C)CC(O)CO)nc2n2cncc12. The molecule has 0 saturated carbocycles. The Hall–Kier alpha value is -3.23. The van der Waals surface area contributed by atoms with Gasteiger partial charge in [0.05, 0.1) is 18.9 Å². The van der Waals surface area contributed by atoms with Gasteiger partial charge in [0, 0.05) is 19.3 Å². The van der Waals surface area contributed by atoms with Gasteiger partial charge in [0.25, 0.3) is 0 Å². The van der Waals surface area contributed by atoms with Gasteiger partial charge in [-0.25, -0.2) is 15.0 Å². The number of nitrogens with zero attached hydrogens (tertiary/aromatic N) is 5. The summed E-state index contributed by atoms with van der Waals surface area (Å²) >= 11 is 0. The van der Waals surface area contributed by atoms with Crippen LogP contribution in [0.3, 0.4) is 0 Å². The van der Waals surface area contributed by atoms with E-state index in [-0.39, 0.29) is 13.2 Å². The number of aliphatic hydroxyl groups is 2. The van der Waals surface area contributed by atoms with Gasteiger partial charge in [-0.1, -0.05) is 18.2 Å². The van der Waals surface area contributed by atoms with Crippen molar-refractivity contribution in [2.45, 2.75) is 20.0 Å². The van der Waals surface area contributed by atoms with E-state index in [0.29, 0.717) is 17.3 Å². The first-order chi connectivity index (χ1) is 14.0. The van der Waals surface area contributed by atoms with Gasteiger partial charge in [-0.15, -0.1) is 0 Å². The van der Waals surface area contributed by atoms with Crippen molar-refractivity contribution in [3.8, 4) is 0 Å². The Morgan fingerprint density at radius 2 is 1.90 bits per heavy atom. The number of fused-ring (bicyclic) bond motifs is 3. The van der Waals surface area contributed by atoms with E-state index in [2.05, 4.69) is 36.3 Å². The standard InChI is InChI=1S/C21H24N6O2/c1-13-5-4-6-14(2)19(13)25-20-17-9-22-12-27(17)21-16(23-20)7-8-18(24-21)26(3)10-15(29)11-28/h4-9,12,15,28-29H,10-11H2,1-3H3,(H,23,25). The lowest BCUT2D eigenvalue weighted by Crippen LogP contribution is -2.31. The molecule has 29 heavy (non-hydrogen) atoms. The Kier molecular flexibility index (Phi) is 5.04. The first-order valence-electron chi connectivity index (χ1n) is 9.44. The molecule has 0 amide bonds. The van der Waals surface area contributed by atoms with Gasteiger partial charge in [0.2, 0.25) is 0 Å². The molecule has 1 atom stereocenters. The molecule has 0 aliphatic carbocycles. The quantitative estimate of drug-likeness (QED) is 0.463. The summed E-state index contributed by atoms with van der Waals surface area (Å²) in [5.41, 5.74) is 5.54. The highest BCUT2D eigenvalue weighted by Gasteiger charge is 2.15. The van der Waals surface area contributed by atoms with E-state index in [1.165, 1.54) is 0 Å². The molecule has 0 fully saturated rings. The number of hydrogen-bond donors (Lipinski definition) is 3. The smallest absolute Gasteiger partial charge is 0.166 e. The number of imidazole rings is 1. The zero-order chi connectivity index (χ0) is 20.5. The first kappa shape index (κ1) is 19.1. The van der Waals surface area contributed by atoms with Crippen molar-refractivity contribution in [2.24, 2.45) is 0 Å². The molecule has 4 rings (SSSR count). The van der Waals surface area contributed by atoms with Gasteiger partial charge in [-0.2, -0.15) is 0 Å². The Morgan fingerprint density at radius 3 is 2.62 bits per heavy atom. The second-order valence-electron chi connectivity index (χ2n) is 7.23. The normalized spacial score (nSPS) is 12.4. The molecule has 8 nitrogen and oxygen atoms in total. The maximum absolute atomic E-state index is 9.71. The molecule has 3 N–H and O–H groups in total. The Morgan fingerprint density at radius 1 is 1.14 bits per heavy atom. The molecular weight excluding hydrogens is 368 g/mol. The number of likely N-dealkylation sites (N-methyl/N-ethyl adjacent to an activating group) is 1. The minimum absolute atomic E-state index is 0.279. The molecule has 0 spiro atoms. The van der Waals surface area contributed by atoms with E-state index in [1.54, 1.807) is 17.4 Å². The molecule has 0 aliphatic rings. The number of aryl methyl sites for hydroxylation is 2. The van der Waals surface area contributed by atoms with Crippen LogP contribution < -0.4 is 10.2 Å². The van der Waals surface area contributed by atoms with Crippen molar-refractivity contribution < 1.29 is 10.2 Å². The van der Waals surface area contributed by atoms with Gasteiger partial charge >= 0.3 is 0 Å². The van der Waals surface area contributed by atoms with Crippen LogP contribution in [0, 0.1) is 13.8 Å². The van der Waals surface area contributed by atoms with Crippen LogP contribution in [0.25, 0.3) is 16.7 Å². The van der Waals surface area contributed by atoms with Crippen molar-refractivity contribution in [3.05, 3.63) is 54.0 Å². The van der Waals surface area contributed by atoms with Gasteiger partial charge in [-0.05, 0) is 37.1 Å². The van der Waals surface area contributed by atoms with Crippen LogP contribution in [0.15, 0.2) is 42.9 Å². The van der Waals surface area contributed by atoms with Gasteiger partial charge in [-0.3, -0.25) is 4.40 Å². The molecule has 0 bridgehead atoms. The monoisotopic (exact) mass is 392 g/mol. The second-order valence-corrected chi connectivity index (χ2v) is 7.23. The van der Waals surface area contributed by atoms with E-state index in [4.69, 9.17) is 15.1 Å². The minimum Gasteiger partial charge on any atom is -0.394 e. The zero-order valence-electron chi connectivity index (χ0n) is 16.7. The minimum atomic E-state index is -0.826. The average Bonchev–Trinajstić information content (AvgIpc) is 3.20. The summed E-state index contributed by atoms with van der Waals surface area (Å²) in [5.74, 6) is 1.39. The fraction of sp³-hybridized carbons (Fsp3) is 0.286. The maximum Gasteiger partial charge on any atom is 0.166 e. The Labute approximate surface area is 168 Å². The largest absolute Gasteiger partial charge is 0.394 e. The number of aliphatic hydroxyl groups excluding tert-OH is 2. The molecular formula is C21H24N6O2. The molecule has 0 radical (unpaired) electrons. The molecule has 1 aromatic carbocycles. The number of pyridine rings is 1. The highest BCUT2D eigenvalue weighted by molar-refractivity contribution is 5.85. The van der Waals surface area contributed by atoms with Crippen LogP contribution in [0.4, 0.5) is 17.3 Å². The summed E-state index contributed by atoms with van der Waals surface area (Å²) < 4.78 is 1.90. The third-order valence-electron chi connectivity index (χ3n) is 4.99. The van der Waals surface area contributed by atoms with E-state index in [9.17, 15) is 5.11 Å². The van der Waals surface area contributed by atoms with E-state index >= 15 is 0 Å². The summed E-state index contributed by atoms with van der Waals surface area (Å²) in [6.07, 6.45) is 2.65. The number of hydrogen-bond acceptors (Lipinski definition) is 7. The predicted octanol–water partition coefficient (Wildman–Crippen LogP) is 2.43. The number of benzene rings is 1. The lowest BCUT2D eigenvalue weighted by Gasteiger charge is -2.21. The van der Waals surface area contributed by atoms with Crippen molar-refractivity contribution in [2.75, 3.05) is 30.4 Å². The topological polar surface area (TPSA) is 98.8 Å². The van der Waals surface area contributed by atoms with E-state index < -0.39 is 6.10 Å². The molecule has 0 saturated heterocycles. The third-order valence-corrected chi connectivity index (χ3v) is 4.99.